The van der Waals surface area contributed by atoms with E-state index in [-0.39, 0.29) is 6.04 Å². The SMILES string of the molecule is NC(Cc1ccc(Br)s1)c1coc2ccccc12. The first-order valence-electron chi connectivity index (χ1n) is 5.70. The average molecular weight is 322 g/mol. The molecule has 2 aromatic heterocycles. The highest BCUT2D eigenvalue weighted by atomic mass is 79.9. The van der Waals surface area contributed by atoms with E-state index in [0.29, 0.717) is 0 Å². The zero-order chi connectivity index (χ0) is 12.5. The van der Waals surface area contributed by atoms with Gasteiger partial charge in [-0.1, -0.05) is 18.2 Å². The van der Waals surface area contributed by atoms with Gasteiger partial charge in [0.25, 0.3) is 0 Å². The molecular formula is C14H12BrNOS. The molecule has 2 heterocycles. The number of nitrogens with two attached hydrogens (primary N) is 1. The van der Waals surface area contributed by atoms with Crippen molar-refractivity contribution in [2.24, 2.45) is 5.73 Å². The van der Waals surface area contributed by atoms with Crippen molar-refractivity contribution in [3.8, 4) is 0 Å². The second-order valence-electron chi connectivity index (χ2n) is 4.20. The lowest BCUT2D eigenvalue weighted by Crippen LogP contribution is -2.12. The Morgan fingerprint density at radius 2 is 2.06 bits per heavy atom. The number of benzene rings is 1. The van der Waals surface area contributed by atoms with Crippen LogP contribution in [0.2, 0.25) is 0 Å². The number of hydrogen-bond donors (Lipinski definition) is 1. The molecule has 0 fully saturated rings. The van der Waals surface area contributed by atoms with Gasteiger partial charge in [-0.15, -0.1) is 11.3 Å². The Morgan fingerprint density at radius 1 is 1.22 bits per heavy atom. The fourth-order valence-electron chi connectivity index (χ4n) is 2.07. The molecule has 1 atom stereocenters. The quantitative estimate of drug-likeness (QED) is 0.771. The molecule has 0 aliphatic rings. The third-order valence-corrected chi connectivity index (χ3v) is 4.61. The van der Waals surface area contributed by atoms with Crippen LogP contribution in [0.3, 0.4) is 0 Å². The van der Waals surface area contributed by atoms with Gasteiger partial charge in [-0.3, -0.25) is 0 Å². The van der Waals surface area contributed by atoms with Gasteiger partial charge < -0.3 is 10.2 Å². The summed E-state index contributed by atoms with van der Waals surface area (Å²) >= 11 is 5.19. The normalized spacial score (nSPS) is 13.0. The van der Waals surface area contributed by atoms with Gasteiger partial charge in [0, 0.05) is 28.3 Å². The maximum atomic E-state index is 6.28. The van der Waals surface area contributed by atoms with Gasteiger partial charge in [-0.2, -0.15) is 0 Å². The van der Waals surface area contributed by atoms with Gasteiger partial charge in [0.05, 0.1) is 10.0 Å². The molecule has 1 aromatic carbocycles. The number of hydrogen-bond acceptors (Lipinski definition) is 3. The van der Waals surface area contributed by atoms with Crippen LogP contribution in [0.4, 0.5) is 0 Å². The van der Waals surface area contributed by atoms with E-state index >= 15 is 0 Å². The van der Waals surface area contributed by atoms with Gasteiger partial charge in [0.1, 0.15) is 5.58 Å². The highest BCUT2D eigenvalue weighted by molar-refractivity contribution is 9.11. The van der Waals surface area contributed by atoms with E-state index in [1.54, 1.807) is 17.6 Å². The van der Waals surface area contributed by atoms with Crippen LogP contribution in [-0.2, 0) is 6.42 Å². The van der Waals surface area contributed by atoms with Crippen LogP contribution in [-0.4, -0.2) is 0 Å². The number of furan rings is 1. The van der Waals surface area contributed by atoms with Crippen molar-refractivity contribution in [1.29, 1.82) is 0 Å². The molecule has 3 aromatic rings. The van der Waals surface area contributed by atoms with Crippen LogP contribution >= 0.6 is 27.3 Å². The molecule has 4 heteroatoms. The lowest BCUT2D eigenvalue weighted by Gasteiger charge is -2.08. The van der Waals surface area contributed by atoms with Crippen LogP contribution in [0.1, 0.15) is 16.5 Å². The summed E-state index contributed by atoms with van der Waals surface area (Å²) in [5.41, 5.74) is 8.26. The second-order valence-corrected chi connectivity index (χ2v) is 6.75. The van der Waals surface area contributed by atoms with Gasteiger partial charge in [-0.25, -0.2) is 0 Å². The monoisotopic (exact) mass is 321 g/mol. The summed E-state index contributed by atoms with van der Waals surface area (Å²) in [5.74, 6) is 0. The Morgan fingerprint density at radius 3 is 2.83 bits per heavy atom. The Labute approximate surface area is 118 Å². The minimum absolute atomic E-state index is 0.0285. The van der Waals surface area contributed by atoms with E-state index in [4.69, 9.17) is 10.2 Å². The smallest absolute Gasteiger partial charge is 0.134 e. The zero-order valence-corrected chi connectivity index (χ0v) is 12.0. The van der Waals surface area contributed by atoms with E-state index < -0.39 is 0 Å². The summed E-state index contributed by atoms with van der Waals surface area (Å²) in [7, 11) is 0. The Hall–Kier alpha value is -1.10. The third-order valence-electron chi connectivity index (χ3n) is 2.96. The Kier molecular flexibility index (Phi) is 3.24. The predicted octanol–water partition coefficient (Wildman–Crippen LogP) is 4.50. The topological polar surface area (TPSA) is 39.2 Å². The Bertz CT molecular complexity index is 673. The first-order valence-corrected chi connectivity index (χ1v) is 7.31. The van der Waals surface area contributed by atoms with Crippen molar-refractivity contribution >= 4 is 38.2 Å². The summed E-state index contributed by atoms with van der Waals surface area (Å²) in [4.78, 5) is 1.28. The van der Waals surface area contributed by atoms with Crippen molar-refractivity contribution < 1.29 is 4.42 Å². The van der Waals surface area contributed by atoms with Gasteiger partial charge in [0.15, 0.2) is 0 Å². The standard InChI is InChI=1S/C14H12BrNOS/c15-14-6-5-9(18-14)7-12(16)11-8-17-13-4-2-1-3-10(11)13/h1-6,8,12H,7,16H2. The van der Waals surface area contributed by atoms with Crippen molar-refractivity contribution in [1.82, 2.24) is 0 Å². The second kappa shape index (κ2) is 4.88. The number of halogens is 1. The highest BCUT2D eigenvalue weighted by Crippen LogP contribution is 2.30. The van der Waals surface area contributed by atoms with Crippen LogP contribution < -0.4 is 5.73 Å². The van der Waals surface area contributed by atoms with Crippen molar-refractivity contribution in [3.05, 3.63) is 56.9 Å². The highest BCUT2D eigenvalue weighted by Gasteiger charge is 2.14. The third kappa shape index (κ3) is 2.23. The summed E-state index contributed by atoms with van der Waals surface area (Å²) in [6.07, 6.45) is 2.61. The van der Waals surface area contributed by atoms with Crippen LogP contribution in [0.25, 0.3) is 11.0 Å². The Balaban J connectivity index is 1.90. The molecule has 2 N–H and O–H groups in total. The molecule has 18 heavy (non-hydrogen) atoms. The molecule has 0 aliphatic carbocycles. The minimum atomic E-state index is -0.0285. The number of para-hydroxylation sites is 1. The molecule has 0 amide bonds. The summed E-state index contributed by atoms with van der Waals surface area (Å²) in [6.45, 7) is 0. The lowest BCUT2D eigenvalue weighted by molar-refractivity contribution is 0.600. The van der Waals surface area contributed by atoms with E-state index in [1.165, 1.54) is 4.88 Å². The lowest BCUT2D eigenvalue weighted by atomic mass is 10.0. The van der Waals surface area contributed by atoms with Crippen molar-refractivity contribution in [2.45, 2.75) is 12.5 Å². The summed E-state index contributed by atoms with van der Waals surface area (Å²) < 4.78 is 6.67. The van der Waals surface area contributed by atoms with Gasteiger partial charge >= 0.3 is 0 Å². The minimum Gasteiger partial charge on any atom is -0.464 e. The molecule has 92 valence electrons. The molecule has 0 bridgehead atoms. The van der Waals surface area contributed by atoms with Crippen LogP contribution in [0.15, 0.2) is 50.9 Å². The number of rotatable bonds is 3. The van der Waals surface area contributed by atoms with E-state index in [2.05, 4.69) is 34.1 Å². The summed E-state index contributed by atoms with van der Waals surface area (Å²) in [5, 5.41) is 1.11. The largest absolute Gasteiger partial charge is 0.464 e. The van der Waals surface area contributed by atoms with Gasteiger partial charge in [0.2, 0.25) is 0 Å². The molecule has 2 nitrogen and oxygen atoms in total. The first kappa shape index (κ1) is 12.0. The first-order chi connectivity index (χ1) is 8.74. The molecule has 0 saturated carbocycles. The molecule has 0 saturated heterocycles. The molecular weight excluding hydrogens is 310 g/mol. The van der Waals surface area contributed by atoms with Gasteiger partial charge in [-0.05, 0) is 34.1 Å². The van der Waals surface area contributed by atoms with E-state index in [1.807, 2.05) is 18.2 Å². The molecule has 1 unspecified atom stereocenters. The maximum absolute atomic E-state index is 6.28. The predicted molar refractivity (Wildman–Crippen MR) is 78.9 cm³/mol. The molecule has 3 rings (SSSR count). The van der Waals surface area contributed by atoms with Crippen molar-refractivity contribution in [3.63, 3.8) is 0 Å². The number of thiophene rings is 1. The van der Waals surface area contributed by atoms with E-state index in [9.17, 15) is 0 Å². The maximum Gasteiger partial charge on any atom is 0.134 e. The van der Waals surface area contributed by atoms with Crippen LogP contribution in [0, 0.1) is 0 Å². The molecule has 0 aliphatic heterocycles. The van der Waals surface area contributed by atoms with Crippen molar-refractivity contribution in [2.75, 3.05) is 0 Å². The average Bonchev–Trinajstić information content (AvgIpc) is 2.95. The van der Waals surface area contributed by atoms with E-state index in [0.717, 1.165) is 26.7 Å². The zero-order valence-electron chi connectivity index (χ0n) is 9.60. The summed E-state index contributed by atoms with van der Waals surface area (Å²) in [6, 6.07) is 12.1. The molecule has 0 radical (unpaired) electrons. The number of fused-ring (bicyclic) bond motifs is 1. The fourth-order valence-corrected chi connectivity index (χ4v) is 3.62. The fraction of sp³-hybridized carbons (Fsp3) is 0.143. The molecule has 0 spiro atoms. The van der Waals surface area contributed by atoms with Crippen LogP contribution in [0.5, 0.6) is 0 Å².